The number of carbonyl (C=O) groups excluding carboxylic acids is 1. The maximum absolute atomic E-state index is 12.0. The van der Waals surface area contributed by atoms with Gasteiger partial charge in [0.2, 0.25) is 5.91 Å². The smallest absolute Gasteiger partial charge is 0.225 e. The van der Waals surface area contributed by atoms with Crippen molar-refractivity contribution in [2.24, 2.45) is 10.9 Å². The van der Waals surface area contributed by atoms with Crippen LogP contribution in [0.2, 0.25) is 0 Å². The van der Waals surface area contributed by atoms with Gasteiger partial charge in [-0.2, -0.15) is 5.26 Å². The Morgan fingerprint density at radius 3 is 2.48 bits per heavy atom. The average Bonchev–Trinajstić information content (AvgIpc) is 2.65. The number of rotatable bonds is 4. The predicted molar refractivity (Wildman–Crippen MR) is 98.9 cm³/mol. The lowest BCUT2D eigenvalue weighted by Crippen LogP contribution is -2.50. The fourth-order valence-corrected chi connectivity index (χ4v) is 2.88. The Labute approximate surface area is 149 Å². The van der Waals surface area contributed by atoms with Gasteiger partial charge in [-0.1, -0.05) is 26.0 Å². The predicted octanol–water partition coefficient (Wildman–Crippen LogP) is 1.87. The third kappa shape index (κ3) is 5.49. The van der Waals surface area contributed by atoms with E-state index >= 15 is 0 Å². The first-order valence-electron chi connectivity index (χ1n) is 8.78. The summed E-state index contributed by atoms with van der Waals surface area (Å²) in [5, 5.41) is 15.6. The van der Waals surface area contributed by atoms with Crippen molar-refractivity contribution in [2.45, 2.75) is 39.3 Å². The lowest BCUT2D eigenvalue weighted by atomic mass is 10.0. The number of likely N-dealkylation sites (tertiary alicyclic amines) is 1. The molecule has 0 spiro atoms. The number of nitrogens with one attached hydrogen (secondary N) is 2. The zero-order valence-corrected chi connectivity index (χ0v) is 15.2. The molecule has 1 fully saturated rings. The van der Waals surface area contributed by atoms with Gasteiger partial charge in [-0.15, -0.1) is 0 Å². The second-order valence-corrected chi connectivity index (χ2v) is 6.63. The number of hydrogen-bond acceptors (Lipinski definition) is 3. The summed E-state index contributed by atoms with van der Waals surface area (Å²) in [5.41, 5.74) is 1.76. The van der Waals surface area contributed by atoms with Crippen LogP contribution in [0.15, 0.2) is 29.3 Å². The van der Waals surface area contributed by atoms with Crippen LogP contribution < -0.4 is 10.6 Å². The largest absolute Gasteiger partial charge is 0.354 e. The van der Waals surface area contributed by atoms with Crippen LogP contribution in [-0.2, 0) is 11.3 Å². The second kappa shape index (κ2) is 9.07. The summed E-state index contributed by atoms with van der Waals surface area (Å²) in [6.07, 6.45) is 1.85. The Bertz CT molecular complexity index is 637. The molecule has 0 aliphatic carbocycles. The topological polar surface area (TPSA) is 80.5 Å². The van der Waals surface area contributed by atoms with E-state index in [-0.39, 0.29) is 11.8 Å². The van der Waals surface area contributed by atoms with E-state index in [2.05, 4.69) is 21.7 Å². The van der Waals surface area contributed by atoms with Gasteiger partial charge in [0.1, 0.15) is 0 Å². The van der Waals surface area contributed by atoms with E-state index < -0.39 is 0 Å². The number of aliphatic imine (C=N–C) groups is 1. The standard InChI is InChI=1S/C19H27N5O/c1-14(2)18(25)24-10-8-17(9-11-24)23-19(21-3)22-13-16-6-4-15(12-20)5-7-16/h4-7,14,17H,8-11,13H2,1-3H3,(H2,21,22,23). The van der Waals surface area contributed by atoms with Crippen molar-refractivity contribution in [2.75, 3.05) is 20.1 Å². The normalized spacial score (nSPS) is 15.8. The van der Waals surface area contributed by atoms with Crippen molar-refractivity contribution in [1.29, 1.82) is 5.26 Å². The summed E-state index contributed by atoms with van der Waals surface area (Å²) >= 11 is 0. The van der Waals surface area contributed by atoms with Gasteiger partial charge in [-0.25, -0.2) is 0 Å². The molecule has 6 nitrogen and oxygen atoms in total. The first kappa shape index (κ1) is 18.8. The molecule has 1 aliphatic rings. The van der Waals surface area contributed by atoms with E-state index in [1.54, 1.807) is 7.05 Å². The average molecular weight is 341 g/mol. The van der Waals surface area contributed by atoms with E-state index in [0.29, 0.717) is 18.2 Å². The molecule has 25 heavy (non-hydrogen) atoms. The number of amides is 1. The molecule has 1 saturated heterocycles. The van der Waals surface area contributed by atoms with Crippen LogP contribution in [0.25, 0.3) is 0 Å². The van der Waals surface area contributed by atoms with Crippen molar-refractivity contribution >= 4 is 11.9 Å². The van der Waals surface area contributed by atoms with Crippen LogP contribution in [-0.4, -0.2) is 42.9 Å². The molecule has 6 heteroatoms. The zero-order chi connectivity index (χ0) is 18.2. The molecule has 1 aromatic carbocycles. The molecule has 1 aliphatic heterocycles. The summed E-state index contributed by atoms with van der Waals surface area (Å²) in [6.45, 7) is 6.13. The van der Waals surface area contributed by atoms with Gasteiger partial charge in [0.25, 0.3) is 0 Å². The lowest BCUT2D eigenvalue weighted by molar-refractivity contribution is -0.135. The number of nitriles is 1. The molecular weight excluding hydrogens is 314 g/mol. The first-order chi connectivity index (χ1) is 12.0. The Balaban J connectivity index is 1.79. The minimum Gasteiger partial charge on any atom is -0.354 e. The highest BCUT2D eigenvalue weighted by Crippen LogP contribution is 2.13. The summed E-state index contributed by atoms with van der Waals surface area (Å²) in [6, 6.07) is 9.95. The SMILES string of the molecule is CN=C(NCc1ccc(C#N)cc1)NC1CCN(C(=O)C(C)C)CC1. The number of hydrogen-bond donors (Lipinski definition) is 2. The second-order valence-electron chi connectivity index (χ2n) is 6.63. The number of guanidine groups is 1. The van der Waals surface area contributed by atoms with Crippen LogP contribution in [0.1, 0.15) is 37.8 Å². The monoisotopic (exact) mass is 341 g/mol. The molecule has 0 bridgehead atoms. The van der Waals surface area contributed by atoms with Crippen LogP contribution in [0, 0.1) is 17.2 Å². The molecule has 2 N–H and O–H groups in total. The van der Waals surface area contributed by atoms with Crippen LogP contribution in [0.4, 0.5) is 0 Å². The van der Waals surface area contributed by atoms with Crippen molar-refractivity contribution in [1.82, 2.24) is 15.5 Å². The van der Waals surface area contributed by atoms with Crippen molar-refractivity contribution in [3.8, 4) is 6.07 Å². The van der Waals surface area contributed by atoms with E-state index in [1.165, 1.54) is 0 Å². The van der Waals surface area contributed by atoms with E-state index in [9.17, 15) is 4.79 Å². The summed E-state index contributed by atoms with van der Waals surface area (Å²) in [4.78, 5) is 18.3. The minimum atomic E-state index is 0.0614. The third-order valence-corrected chi connectivity index (χ3v) is 4.41. The van der Waals surface area contributed by atoms with Crippen molar-refractivity contribution < 1.29 is 4.79 Å². The van der Waals surface area contributed by atoms with Gasteiger partial charge in [0, 0.05) is 38.6 Å². The molecule has 0 radical (unpaired) electrons. The van der Waals surface area contributed by atoms with Gasteiger partial charge >= 0.3 is 0 Å². The summed E-state index contributed by atoms with van der Waals surface area (Å²) < 4.78 is 0. The molecular formula is C19H27N5O. The molecule has 0 atom stereocenters. The maximum Gasteiger partial charge on any atom is 0.225 e. The number of piperidine rings is 1. The van der Waals surface area contributed by atoms with E-state index in [4.69, 9.17) is 5.26 Å². The Hall–Kier alpha value is -2.55. The lowest BCUT2D eigenvalue weighted by Gasteiger charge is -2.34. The molecule has 1 heterocycles. The van der Waals surface area contributed by atoms with Crippen LogP contribution in [0.3, 0.4) is 0 Å². The van der Waals surface area contributed by atoms with Crippen molar-refractivity contribution in [3.63, 3.8) is 0 Å². The molecule has 0 unspecified atom stereocenters. The number of nitrogens with zero attached hydrogens (tertiary/aromatic N) is 3. The van der Waals surface area contributed by atoms with E-state index in [0.717, 1.165) is 37.5 Å². The Morgan fingerprint density at radius 2 is 1.96 bits per heavy atom. The van der Waals surface area contributed by atoms with Gasteiger partial charge in [0.15, 0.2) is 5.96 Å². The fraction of sp³-hybridized carbons (Fsp3) is 0.526. The van der Waals surface area contributed by atoms with Gasteiger partial charge in [-0.05, 0) is 30.5 Å². The minimum absolute atomic E-state index is 0.0614. The highest BCUT2D eigenvalue weighted by Gasteiger charge is 2.24. The first-order valence-corrected chi connectivity index (χ1v) is 8.78. The molecule has 0 saturated carbocycles. The fourth-order valence-electron chi connectivity index (χ4n) is 2.88. The van der Waals surface area contributed by atoms with Gasteiger partial charge in [-0.3, -0.25) is 9.79 Å². The third-order valence-electron chi connectivity index (χ3n) is 4.41. The maximum atomic E-state index is 12.0. The molecule has 134 valence electrons. The molecule has 1 aromatic rings. The highest BCUT2D eigenvalue weighted by molar-refractivity contribution is 5.80. The Kier molecular flexibility index (Phi) is 6.81. The molecule has 0 aromatic heterocycles. The van der Waals surface area contributed by atoms with E-state index in [1.807, 2.05) is 43.0 Å². The van der Waals surface area contributed by atoms with Crippen LogP contribution >= 0.6 is 0 Å². The quantitative estimate of drug-likeness (QED) is 0.647. The van der Waals surface area contributed by atoms with Gasteiger partial charge < -0.3 is 15.5 Å². The van der Waals surface area contributed by atoms with Crippen LogP contribution in [0.5, 0.6) is 0 Å². The molecule has 1 amide bonds. The molecule has 2 rings (SSSR count). The van der Waals surface area contributed by atoms with Gasteiger partial charge in [0.05, 0.1) is 11.6 Å². The number of carbonyl (C=O) groups is 1. The summed E-state index contributed by atoms with van der Waals surface area (Å²) in [5.74, 6) is 1.06. The summed E-state index contributed by atoms with van der Waals surface area (Å²) in [7, 11) is 1.76. The Morgan fingerprint density at radius 1 is 1.32 bits per heavy atom. The number of benzene rings is 1. The van der Waals surface area contributed by atoms with Crippen molar-refractivity contribution in [3.05, 3.63) is 35.4 Å². The highest BCUT2D eigenvalue weighted by atomic mass is 16.2. The zero-order valence-electron chi connectivity index (χ0n) is 15.2.